The summed E-state index contributed by atoms with van der Waals surface area (Å²) in [4.78, 5) is 11.5. The Bertz CT molecular complexity index is 1290. The summed E-state index contributed by atoms with van der Waals surface area (Å²) in [6.07, 6.45) is -4.37. The van der Waals surface area contributed by atoms with Gasteiger partial charge in [0.2, 0.25) is 0 Å². The van der Waals surface area contributed by atoms with E-state index in [2.05, 4.69) is 5.10 Å². The number of ether oxygens (including phenoxy) is 2. The van der Waals surface area contributed by atoms with Crippen molar-refractivity contribution in [3.05, 3.63) is 84.8 Å². The highest BCUT2D eigenvalue weighted by Crippen LogP contribution is 2.25. The standard InChI is InChI=1S/C25H21F4N3O3/c1-16(31-24(33)25(27,28)29)23(15-34-20-5-3-2-4-6-20)35-21-11-12-22-17(13-21)14-30-32(22)19-9-7-18(26)8-10-19/h2-14,16,23H,15H2,1H3,(H,31,33)/t16-,23+/m1/s1. The summed E-state index contributed by atoms with van der Waals surface area (Å²) in [6.45, 7) is 1.30. The Morgan fingerprint density at radius 3 is 2.43 bits per heavy atom. The first-order chi connectivity index (χ1) is 16.7. The van der Waals surface area contributed by atoms with E-state index in [1.165, 1.54) is 19.1 Å². The minimum absolute atomic E-state index is 0.115. The van der Waals surface area contributed by atoms with Crippen molar-refractivity contribution in [3.8, 4) is 17.2 Å². The van der Waals surface area contributed by atoms with Crippen LogP contribution >= 0.6 is 0 Å². The van der Waals surface area contributed by atoms with Crippen molar-refractivity contribution in [1.82, 2.24) is 15.1 Å². The smallest absolute Gasteiger partial charge is 0.471 e. The first-order valence-electron chi connectivity index (χ1n) is 10.7. The Kier molecular flexibility index (Phi) is 6.90. The number of hydrogen-bond donors (Lipinski definition) is 1. The minimum Gasteiger partial charge on any atom is -0.490 e. The van der Waals surface area contributed by atoms with E-state index in [0.717, 1.165) is 5.52 Å². The van der Waals surface area contributed by atoms with Crippen LogP contribution in [-0.2, 0) is 4.79 Å². The van der Waals surface area contributed by atoms with E-state index in [1.807, 2.05) is 5.32 Å². The molecule has 182 valence electrons. The van der Waals surface area contributed by atoms with Gasteiger partial charge in [-0.3, -0.25) is 4.79 Å². The number of para-hydroxylation sites is 1. The number of nitrogens with one attached hydrogen (secondary N) is 1. The average molecular weight is 487 g/mol. The van der Waals surface area contributed by atoms with Crippen molar-refractivity contribution in [3.63, 3.8) is 0 Å². The molecule has 0 saturated heterocycles. The maximum Gasteiger partial charge on any atom is 0.471 e. The molecule has 3 aromatic carbocycles. The molecule has 0 bridgehead atoms. The molecule has 0 aliphatic carbocycles. The van der Waals surface area contributed by atoms with Crippen LogP contribution in [0.5, 0.6) is 11.5 Å². The van der Waals surface area contributed by atoms with Crippen LogP contribution in [0.3, 0.4) is 0 Å². The molecule has 0 spiro atoms. The highest BCUT2D eigenvalue weighted by atomic mass is 19.4. The number of benzene rings is 3. The van der Waals surface area contributed by atoms with Crippen molar-refractivity contribution >= 4 is 16.8 Å². The molecule has 4 rings (SSSR count). The molecule has 1 aromatic heterocycles. The van der Waals surface area contributed by atoms with Gasteiger partial charge in [-0.25, -0.2) is 9.07 Å². The van der Waals surface area contributed by atoms with Crippen LogP contribution in [-0.4, -0.2) is 40.6 Å². The van der Waals surface area contributed by atoms with Crippen LogP contribution in [0, 0.1) is 5.82 Å². The highest BCUT2D eigenvalue weighted by molar-refractivity contribution is 5.82. The van der Waals surface area contributed by atoms with Crippen LogP contribution in [0.4, 0.5) is 17.6 Å². The van der Waals surface area contributed by atoms with E-state index in [9.17, 15) is 22.4 Å². The van der Waals surface area contributed by atoms with Crippen molar-refractivity contribution in [2.45, 2.75) is 25.2 Å². The molecule has 0 saturated carbocycles. The van der Waals surface area contributed by atoms with Gasteiger partial charge in [0.25, 0.3) is 0 Å². The molecule has 0 aliphatic rings. The molecule has 0 unspecified atom stereocenters. The second-order valence-corrected chi connectivity index (χ2v) is 7.79. The lowest BCUT2D eigenvalue weighted by Gasteiger charge is -2.26. The van der Waals surface area contributed by atoms with Crippen LogP contribution in [0.15, 0.2) is 79.0 Å². The normalized spacial score (nSPS) is 13.3. The third kappa shape index (κ3) is 5.89. The van der Waals surface area contributed by atoms with Crippen LogP contribution in [0.2, 0.25) is 0 Å². The lowest BCUT2D eigenvalue weighted by atomic mass is 10.2. The molecule has 2 atom stereocenters. The Labute approximate surface area is 198 Å². The van der Waals surface area contributed by atoms with Gasteiger partial charge in [0.1, 0.15) is 23.9 Å². The number of carbonyl (C=O) groups is 1. The number of rotatable bonds is 8. The zero-order valence-corrected chi connectivity index (χ0v) is 18.5. The summed E-state index contributed by atoms with van der Waals surface area (Å²) in [5.74, 6) is -1.57. The molecule has 0 aliphatic heterocycles. The molecule has 1 amide bonds. The molecule has 0 fully saturated rings. The van der Waals surface area contributed by atoms with Crippen molar-refractivity contribution in [1.29, 1.82) is 0 Å². The van der Waals surface area contributed by atoms with E-state index < -0.39 is 24.2 Å². The predicted octanol–water partition coefficient (Wildman–Crippen LogP) is 5.06. The maximum absolute atomic E-state index is 13.3. The van der Waals surface area contributed by atoms with Gasteiger partial charge in [0.05, 0.1) is 23.4 Å². The summed E-state index contributed by atoms with van der Waals surface area (Å²) >= 11 is 0. The van der Waals surface area contributed by atoms with Gasteiger partial charge in [0, 0.05) is 5.39 Å². The predicted molar refractivity (Wildman–Crippen MR) is 121 cm³/mol. The topological polar surface area (TPSA) is 65.4 Å². The number of halogens is 4. The minimum atomic E-state index is -5.02. The SMILES string of the molecule is C[C@@H](NC(=O)C(F)(F)F)[C@H](COc1ccccc1)Oc1ccc2c(cnn2-c2ccc(F)cc2)c1. The van der Waals surface area contributed by atoms with Crippen molar-refractivity contribution < 1.29 is 31.8 Å². The summed E-state index contributed by atoms with van der Waals surface area (Å²) in [6, 6.07) is 18.6. The molecule has 1 N–H and O–H groups in total. The van der Waals surface area contributed by atoms with Gasteiger partial charge >= 0.3 is 12.1 Å². The highest BCUT2D eigenvalue weighted by Gasteiger charge is 2.40. The Morgan fingerprint density at radius 2 is 1.74 bits per heavy atom. The number of hydrogen-bond acceptors (Lipinski definition) is 4. The number of alkyl halides is 3. The molecular formula is C25H21F4N3O3. The molecule has 1 heterocycles. The molecule has 10 heteroatoms. The zero-order chi connectivity index (χ0) is 25.0. The Hall–Kier alpha value is -4.08. The summed E-state index contributed by atoms with van der Waals surface area (Å²) in [7, 11) is 0. The number of fused-ring (bicyclic) bond motifs is 1. The number of amides is 1. The van der Waals surface area contributed by atoms with Crippen LogP contribution in [0.1, 0.15) is 6.92 Å². The van der Waals surface area contributed by atoms with Gasteiger partial charge < -0.3 is 14.8 Å². The van der Waals surface area contributed by atoms with Gasteiger partial charge in [-0.15, -0.1) is 0 Å². The lowest BCUT2D eigenvalue weighted by Crippen LogP contribution is -2.50. The third-order valence-corrected chi connectivity index (χ3v) is 5.23. The van der Waals surface area contributed by atoms with Gasteiger partial charge in [0.15, 0.2) is 6.10 Å². The Balaban J connectivity index is 1.55. The van der Waals surface area contributed by atoms with E-state index in [1.54, 1.807) is 71.5 Å². The first-order valence-corrected chi connectivity index (χ1v) is 10.7. The average Bonchev–Trinajstić information content (AvgIpc) is 3.25. The van der Waals surface area contributed by atoms with E-state index in [-0.39, 0.29) is 12.4 Å². The fraction of sp³-hybridized carbons (Fsp3) is 0.200. The van der Waals surface area contributed by atoms with E-state index in [0.29, 0.717) is 22.6 Å². The zero-order valence-electron chi connectivity index (χ0n) is 18.5. The van der Waals surface area contributed by atoms with Gasteiger partial charge in [-0.2, -0.15) is 18.3 Å². The molecular weight excluding hydrogens is 466 g/mol. The van der Waals surface area contributed by atoms with E-state index >= 15 is 0 Å². The molecule has 4 aromatic rings. The third-order valence-electron chi connectivity index (χ3n) is 5.23. The number of carbonyl (C=O) groups excluding carboxylic acids is 1. The Morgan fingerprint density at radius 1 is 1.03 bits per heavy atom. The second-order valence-electron chi connectivity index (χ2n) is 7.79. The fourth-order valence-electron chi connectivity index (χ4n) is 3.40. The summed E-state index contributed by atoms with van der Waals surface area (Å²) in [5.41, 5.74) is 1.38. The van der Waals surface area contributed by atoms with Crippen molar-refractivity contribution in [2.24, 2.45) is 0 Å². The van der Waals surface area contributed by atoms with Crippen molar-refractivity contribution in [2.75, 3.05) is 6.61 Å². The molecule has 6 nitrogen and oxygen atoms in total. The van der Waals surface area contributed by atoms with Gasteiger partial charge in [-0.1, -0.05) is 18.2 Å². The number of nitrogens with zero attached hydrogens (tertiary/aromatic N) is 2. The fourth-order valence-corrected chi connectivity index (χ4v) is 3.40. The number of aromatic nitrogens is 2. The summed E-state index contributed by atoms with van der Waals surface area (Å²) < 4.78 is 64.8. The van der Waals surface area contributed by atoms with Crippen LogP contribution < -0.4 is 14.8 Å². The van der Waals surface area contributed by atoms with Crippen LogP contribution in [0.25, 0.3) is 16.6 Å². The molecule has 35 heavy (non-hydrogen) atoms. The van der Waals surface area contributed by atoms with E-state index in [4.69, 9.17) is 9.47 Å². The quantitative estimate of drug-likeness (QED) is 0.353. The lowest BCUT2D eigenvalue weighted by molar-refractivity contribution is -0.175. The summed E-state index contributed by atoms with van der Waals surface area (Å²) in [5, 5.41) is 6.95. The maximum atomic E-state index is 13.3. The first kappa shape index (κ1) is 24.1. The van der Waals surface area contributed by atoms with Gasteiger partial charge in [-0.05, 0) is 61.5 Å². The second kappa shape index (κ2) is 10.0. The largest absolute Gasteiger partial charge is 0.490 e. The monoisotopic (exact) mass is 487 g/mol. The molecule has 0 radical (unpaired) electrons.